The molecule has 1 spiro atoms. The highest BCUT2D eigenvalue weighted by atomic mass is 16.3. The van der Waals surface area contributed by atoms with Gasteiger partial charge in [0, 0.05) is 24.1 Å². The predicted molar refractivity (Wildman–Crippen MR) is 79.9 cm³/mol. The summed E-state index contributed by atoms with van der Waals surface area (Å²) in [7, 11) is 0. The van der Waals surface area contributed by atoms with Crippen LogP contribution < -0.4 is 0 Å². The Morgan fingerprint density at radius 3 is 2.76 bits per heavy atom. The van der Waals surface area contributed by atoms with Gasteiger partial charge in [-0.1, -0.05) is 24.6 Å². The van der Waals surface area contributed by atoms with Crippen molar-refractivity contribution < 1.29 is 15.0 Å². The van der Waals surface area contributed by atoms with E-state index in [1.807, 2.05) is 11.0 Å². The van der Waals surface area contributed by atoms with E-state index in [9.17, 15) is 15.0 Å². The zero-order valence-electron chi connectivity index (χ0n) is 12.3. The molecule has 0 bridgehead atoms. The van der Waals surface area contributed by atoms with Gasteiger partial charge in [0.1, 0.15) is 5.75 Å². The largest absolute Gasteiger partial charge is 0.508 e. The number of likely N-dealkylation sites (tertiary alicyclic amines) is 1. The lowest BCUT2D eigenvalue weighted by Gasteiger charge is -2.42. The van der Waals surface area contributed by atoms with Crippen LogP contribution in [0.2, 0.25) is 0 Å². The molecular weight excluding hydrogens is 266 g/mol. The molecule has 0 aromatic heterocycles. The molecule has 1 aromatic rings. The molecule has 0 unspecified atom stereocenters. The van der Waals surface area contributed by atoms with Gasteiger partial charge < -0.3 is 15.1 Å². The van der Waals surface area contributed by atoms with Crippen molar-refractivity contribution in [3.8, 4) is 5.75 Å². The Kier molecular flexibility index (Phi) is 3.89. The van der Waals surface area contributed by atoms with Gasteiger partial charge in [-0.25, -0.2) is 0 Å². The lowest BCUT2D eigenvalue weighted by atomic mass is 9.76. The van der Waals surface area contributed by atoms with Crippen LogP contribution in [0.5, 0.6) is 5.75 Å². The Morgan fingerprint density at radius 2 is 2.05 bits per heavy atom. The number of nitrogens with zero attached hydrogens (tertiary/aromatic N) is 1. The highest BCUT2D eigenvalue weighted by Gasteiger charge is 2.45. The average molecular weight is 289 g/mol. The molecule has 1 heterocycles. The fourth-order valence-electron chi connectivity index (χ4n) is 3.90. The van der Waals surface area contributed by atoms with E-state index >= 15 is 0 Å². The second-order valence-electron chi connectivity index (χ2n) is 6.49. The summed E-state index contributed by atoms with van der Waals surface area (Å²) in [5.41, 5.74) is 0.598. The number of aliphatic hydroxyl groups is 1. The molecule has 4 heteroatoms. The first-order chi connectivity index (χ1) is 10.1. The fraction of sp³-hybridized carbons (Fsp3) is 0.588. The van der Waals surface area contributed by atoms with Crippen LogP contribution in [0, 0.1) is 5.41 Å². The molecule has 2 atom stereocenters. The monoisotopic (exact) mass is 289 g/mol. The summed E-state index contributed by atoms with van der Waals surface area (Å²) in [6.45, 7) is 1.43. The van der Waals surface area contributed by atoms with Crippen molar-refractivity contribution in [1.82, 2.24) is 4.90 Å². The Balaban J connectivity index is 1.69. The number of aliphatic hydroxyl groups excluding tert-OH is 1. The number of hydrogen-bond donors (Lipinski definition) is 2. The van der Waals surface area contributed by atoms with Crippen molar-refractivity contribution in [2.75, 3.05) is 13.1 Å². The van der Waals surface area contributed by atoms with Crippen molar-refractivity contribution in [2.45, 2.75) is 44.6 Å². The third kappa shape index (κ3) is 2.77. The third-order valence-electron chi connectivity index (χ3n) is 5.15. The summed E-state index contributed by atoms with van der Waals surface area (Å²) in [4.78, 5) is 14.4. The predicted octanol–water partition coefficient (Wildman–Crippen LogP) is 2.09. The Morgan fingerprint density at radius 1 is 1.29 bits per heavy atom. The number of phenols is 1. The highest BCUT2D eigenvalue weighted by Crippen LogP contribution is 2.45. The van der Waals surface area contributed by atoms with E-state index in [-0.39, 0.29) is 29.6 Å². The number of carbonyl (C=O) groups is 1. The quantitative estimate of drug-likeness (QED) is 0.876. The van der Waals surface area contributed by atoms with Gasteiger partial charge in [-0.05, 0) is 31.7 Å². The zero-order chi connectivity index (χ0) is 14.9. The molecule has 1 saturated heterocycles. The number of amides is 1. The van der Waals surface area contributed by atoms with Gasteiger partial charge >= 0.3 is 0 Å². The molecule has 3 rings (SSSR count). The molecule has 1 saturated carbocycles. The Labute approximate surface area is 125 Å². The molecule has 4 nitrogen and oxygen atoms in total. The molecule has 2 aliphatic rings. The first-order valence-electron chi connectivity index (χ1n) is 7.83. The van der Waals surface area contributed by atoms with Crippen molar-refractivity contribution >= 4 is 5.91 Å². The van der Waals surface area contributed by atoms with E-state index in [2.05, 4.69) is 0 Å². The first kappa shape index (κ1) is 14.4. The van der Waals surface area contributed by atoms with Gasteiger partial charge in [-0.2, -0.15) is 0 Å². The number of rotatable bonds is 2. The lowest BCUT2D eigenvalue weighted by molar-refractivity contribution is -0.135. The minimum atomic E-state index is -0.266. The van der Waals surface area contributed by atoms with E-state index in [4.69, 9.17) is 0 Å². The molecule has 1 aromatic carbocycles. The van der Waals surface area contributed by atoms with Crippen LogP contribution in [-0.2, 0) is 11.2 Å². The normalized spacial score (nSPS) is 29.0. The van der Waals surface area contributed by atoms with Crippen LogP contribution in [0.25, 0.3) is 0 Å². The van der Waals surface area contributed by atoms with Crippen molar-refractivity contribution in [3.05, 3.63) is 29.8 Å². The third-order valence-corrected chi connectivity index (χ3v) is 5.15. The van der Waals surface area contributed by atoms with Gasteiger partial charge in [-0.15, -0.1) is 0 Å². The fourth-order valence-corrected chi connectivity index (χ4v) is 3.90. The number of carbonyl (C=O) groups excluding carboxylic acids is 1. The standard InChI is InChI=1S/C17H23NO3/c19-14-6-2-1-5-13(14)11-16(21)18-10-4-9-17(12-18)8-3-7-15(17)20/h1-2,5-6,15,19-20H,3-4,7-12H2/t15-,17+/m1/s1. The zero-order valence-corrected chi connectivity index (χ0v) is 12.3. The minimum absolute atomic E-state index is 0.0506. The van der Waals surface area contributed by atoms with Crippen LogP contribution in [0.1, 0.15) is 37.7 Å². The average Bonchev–Trinajstić information content (AvgIpc) is 2.82. The lowest BCUT2D eigenvalue weighted by Crippen LogP contribution is -2.49. The van der Waals surface area contributed by atoms with E-state index in [1.54, 1.807) is 18.2 Å². The van der Waals surface area contributed by atoms with Crippen molar-refractivity contribution in [2.24, 2.45) is 5.41 Å². The number of phenolic OH excluding ortho intramolecular Hbond substituents is 1. The molecule has 1 amide bonds. The molecular formula is C17H23NO3. The second kappa shape index (κ2) is 5.68. The van der Waals surface area contributed by atoms with Gasteiger partial charge in [0.05, 0.1) is 12.5 Å². The summed E-state index contributed by atoms with van der Waals surface area (Å²) in [6.07, 6.45) is 4.90. The first-order valence-corrected chi connectivity index (χ1v) is 7.83. The van der Waals surface area contributed by atoms with Gasteiger partial charge in [-0.3, -0.25) is 4.79 Å². The van der Waals surface area contributed by atoms with Crippen LogP contribution >= 0.6 is 0 Å². The number of piperidine rings is 1. The maximum Gasteiger partial charge on any atom is 0.227 e. The highest BCUT2D eigenvalue weighted by molar-refractivity contribution is 5.79. The topological polar surface area (TPSA) is 60.8 Å². The van der Waals surface area contributed by atoms with Gasteiger partial charge in [0.25, 0.3) is 0 Å². The molecule has 2 fully saturated rings. The number of hydrogen-bond acceptors (Lipinski definition) is 3. The van der Waals surface area contributed by atoms with Crippen molar-refractivity contribution in [3.63, 3.8) is 0 Å². The maximum absolute atomic E-state index is 12.5. The van der Waals surface area contributed by atoms with Crippen molar-refractivity contribution in [1.29, 1.82) is 0 Å². The molecule has 2 N–H and O–H groups in total. The van der Waals surface area contributed by atoms with Crippen LogP contribution in [0.15, 0.2) is 24.3 Å². The number of para-hydroxylation sites is 1. The number of benzene rings is 1. The van der Waals surface area contributed by atoms with E-state index in [0.29, 0.717) is 12.1 Å². The van der Waals surface area contributed by atoms with E-state index in [1.165, 1.54) is 0 Å². The Hall–Kier alpha value is -1.55. The number of aromatic hydroxyl groups is 1. The van der Waals surface area contributed by atoms with Crippen LogP contribution in [0.4, 0.5) is 0 Å². The molecule has 114 valence electrons. The summed E-state index contributed by atoms with van der Waals surface area (Å²) >= 11 is 0. The molecule has 1 aliphatic carbocycles. The second-order valence-corrected chi connectivity index (χ2v) is 6.49. The maximum atomic E-state index is 12.5. The Bertz CT molecular complexity index is 531. The van der Waals surface area contributed by atoms with E-state index in [0.717, 1.165) is 38.6 Å². The smallest absolute Gasteiger partial charge is 0.227 e. The van der Waals surface area contributed by atoms with E-state index < -0.39 is 0 Å². The molecule has 1 aliphatic heterocycles. The molecule has 0 radical (unpaired) electrons. The summed E-state index contributed by atoms with van der Waals surface area (Å²) in [5.74, 6) is 0.230. The summed E-state index contributed by atoms with van der Waals surface area (Å²) in [5, 5.41) is 20.1. The van der Waals surface area contributed by atoms with Gasteiger partial charge in [0.2, 0.25) is 5.91 Å². The van der Waals surface area contributed by atoms with Crippen LogP contribution in [-0.4, -0.2) is 40.2 Å². The van der Waals surface area contributed by atoms with Gasteiger partial charge in [0.15, 0.2) is 0 Å². The summed E-state index contributed by atoms with van der Waals surface area (Å²) < 4.78 is 0. The van der Waals surface area contributed by atoms with Crippen LogP contribution in [0.3, 0.4) is 0 Å². The minimum Gasteiger partial charge on any atom is -0.508 e. The summed E-state index contributed by atoms with van der Waals surface area (Å²) in [6, 6.07) is 6.99. The SMILES string of the molecule is O=C(Cc1ccccc1O)N1CCC[C@@]2(CCC[C@H]2O)C1. The molecule has 21 heavy (non-hydrogen) atoms.